The number of aromatic nitrogens is 1. The van der Waals surface area contributed by atoms with Gasteiger partial charge in [0.25, 0.3) is 0 Å². The quantitative estimate of drug-likeness (QED) is 0.714. The molecule has 1 heterocycles. The van der Waals surface area contributed by atoms with Crippen LogP contribution in [-0.4, -0.2) is 4.98 Å². The molecule has 0 aliphatic carbocycles. The van der Waals surface area contributed by atoms with E-state index in [9.17, 15) is 0 Å². The number of hydrogen-bond donors (Lipinski definition) is 1. The van der Waals surface area contributed by atoms with E-state index in [0.29, 0.717) is 6.61 Å². The summed E-state index contributed by atoms with van der Waals surface area (Å²) in [6, 6.07) is 13.7. The molecule has 0 amide bonds. The van der Waals surface area contributed by atoms with Gasteiger partial charge in [-0.2, -0.15) is 0 Å². The molecule has 0 saturated carbocycles. The molecule has 0 unspecified atom stereocenters. The highest BCUT2D eigenvalue weighted by atomic mass is 79.9. The van der Waals surface area contributed by atoms with Crippen LogP contribution in [0.1, 0.15) is 11.1 Å². The number of nitrogens with zero attached hydrogens (tertiary/aromatic N) is 1. The summed E-state index contributed by atoms with van der Waals surface area (Å²) in [5.74, 6) is 0.844. The maximum Gasteiger partial charge on any atom is 0.120 e. The first-order chi connectivity index (χ1) is 10.1. The van der Waals surface area contributed by atoms with E-state index in [-0.39, 0.29) is 0 Å². The predicted octanol–water partition coefficient (Wildman–Crippen LogP) is 4.47. The van der Waals surface area contributed by atoms with Gasteiger partial charge in [-0.25, -0.2) is 0 Å². The van der Waals surface area contributed by atoms with Crippen LogP contribution in [0.4, 0.5) is 5.69 Å². The molecule has 4 heteroatoms. The highest BCUT2D eigenvalue weighted by Crippen LogP contribution is 2.25. The van der Waals surface area contributed by atoms with Crippen molar-refractivity contribution in [1.29, 1.82) is 0 Å². The lowest BCUT2D eigenvalue weighted by Gasteiger charge is -2.10. The van der Waals surface area contributed by atoms with E-state index in [2.05, 4.69) is 20.9 Å². The maximum atomic E-state index is 5.98. The molecule has 2 N–H and O–H groups in total. The van der Waals surface area contributed by atoms with Crippen LogP contribution in [0.2, 0.25) is 0 Å². The Kier molecular flexibility index (Phi) is 3.80. The van der Waals surface area contributed by atoms with Crippen molar-refractivity contribution in [2.75, 3.05) is 5.73 Å². The summed E-state index contributed by atoms with van der Waals surface area (Å²) in [6.07, 6.45) is 1.77. The van der Waals surface area contributed by atoms with Crippen molar-refractivity contribution >= 4 is 32.5 Å². The summed E-state index contributed by atoms with van der Waals surface area (Å²) in [4.78, 5) is 4.42. The first kappa shape index (κ1) is 13.9. The number of nitrogens with two attached hydrogens (primary N) is 1. The highest BCUT2D eigenvalue weighted by Gasteiger charge is 2.06. The van der Waals surface area contributed by atoms with Gasteiger partial charge in [-0.3, -0.25) is 4.98 Å². The molecule has 0 aliphatic rings. The second-order valence-electron chi connectivity index (χ2n) is 4.91. The summed E-state index contributed by atoms with van der Waals surface area (Å²) in [5, 5.41) is 0.964. The number of pyridine rings is 1. The molecule has 0 spiro atoms. The number of ether oxygens (including phenoxy) is 1. The third-order valence-corrected chi connectivity index (χ3v) is 4.30. The van der Waals surface area contributed by atoms with Crippen LogP contribution in [0.3, 0.4) is 0 Å². The molecule has 3 nitrogen and oxygen atoms in total. The third kappa shape index (κ3) is 2.85. The van der Waals surface area contributed by atoms with Gasteiger partial charge in [0.2, 0.25) is 0 Å². The van der Waals surface area contributed by atoms with Crippen LogP contribution in [0.15, 0.2) is 53.1 Å². The first-order valence-electron chi connectivity index (χ1n) is 6.66. The molecular weight excluding hydrogens is 328 g/mol. The summed E-state index contributed by atoms with van der Waals surface area (Å²) in [7, 11) is 0. The van der Waals surface area contributed by atoms with Gasteiger partial charge in [0, 0.05) is 27.3 Å². The number of aryl methyl sites for hydroxylation is 1. The molecule has 2 aromatic carbocycles. The number of nitrogen functional groups attached to an aromatic ring is 1. The van der Waals surface area contributed by atoms with Crippen molar-refractivity contribution in [3.05, 3.63) is 64.3 Å². The average molecular weight is 343 g/mol. The topological polar surface area (TPSA) is 48.1 Å². The van der Waals surface area contributed by atoms with E-state index in [1.807, 2.05) is 49.4 Å². The lowest BCUT2D eigenvalue weighted by atomic mass is 10.1. The molecule has 0 radical (unpaired) electrons. The molecule has 3 rings (SSSR count). The van der Waals surface area contributed by atoms with Crippen LogP contribution >= 0.6 is 15.9 Å². The minimum absolute atomic E-state index is 0.467. The Morgan fingerprint density at radius 3 is 2.86 bits per heavy atom. The SMILES string of the molecule is Cc1cc(OCc2ccc(N)c3cccnc23)ccc1Br. The monoisotopic (exact) mass is 342 g/mol. The summed E-state index contributed by atoms with van der Waals surface area (Å²) in [6.45, 7) is 2.51. The zero-order chi connectivity index (χ0) is 14.8. The van der Waals surface area contributed by atoms with Crippen molar-refractivity contribution in [3.63, 3.8) is 0 Å². The lowest BCUT2D eigenvalue weighted by molar-refractivity contribution is 0.307. The lowest BCUT2D eigenvalue weighted by Crippen LogP contribution is -1.99. The van der Waals surface area contributed by atoms with Gasteiger partial charge in [0.15, 0.2) is 0 Å². The standard InChI is InChI=1S/C17H15BrN2O/c1-11-9-13(5-6-15(11)18)21-10-12-4-7-16(19)14-3-2-8-20-17(12)14/h2-9H,10,19H2,1H3. The van der Waals surface area contributed by atoms with Crippen LogP contribution in [0, 0.1) is 6.92 Å². The largest absolute Gasteiger partial charge is 0.489 e. The number of fused-ring (bicyclic) bond motifs is 1. The van der Waals surface area contributed by atoms with Gasteiger partial charge in [-0.1, -0.05) is 22.0 Å². The van der Waals surface area contributed by atoms with E-state index < -0.39 is 0 Å². The zero-order valence-electron chi connectivity index (χ0n) is 11.6. The van der Waals surface area contributed by atoms with Crippen molar-refractivity contribution in [1.82, 2.24) is 4.98 Å². The minimum Gasteiger partial charge on any atom is -0.489 e. The zero-order valence-corrected chi connectivity index (χ0v) is 13.2. The fourth-order valence-corrected chi connectivity index (χ4v) is 2.48. The third-order valence-electron chi connectivity index (χ3n) is 3.41. The number of anilines is 1. The molecule has 1 aromatic heterocycles. The smallest absolute Gasteiger partial charge is 0.120 e. The Balaban J connectivity index is 1.88. The first-order valence-corrected chi connectivity index (χ1v) is 7.45. The molecule has 0 fully saturated rings. The van der Waals surface area contributed by atoms with E-state index in [1.165, 1.54) is 0 Å². The molecular formula is C17H15BrN2O. The average Bonchev–Trinajstić information content (AvgIpc) is 2.50. The summed E-state index contributed by atoms with van der Waals surface area (Å²) >= 11 is 3.49. The van der Waals surface area contributed by atoms with Crippen molar-refractivity contribution in [3.8, 4) is 5.75 Å². The van der Waals surface area contributed by atoms with Gasteiger partial charge in [0.1, 0.15) is 12.4 Å². The van der Waals surface area contributed by atoms with Gasteiger partial charge in [0.05, 0.1) is 5.52 Å². The predicted molar refractivity (Wildman–Crippen MR) is 89.4 cm³/mol. The Hall–Kier alpha value is -2.07. The van der Waals surface area contributed by atoms with Crippen LogP contribution in [0.5, 0.6) is 5.75 Å². The number of halogens is 1. The normalized spacial score (nSPS) is 10.8. The Bertz CT molecular complexity index is 802. The highest BCUT2D eigenvalue weighted by molar-refractivity contribution is 9.10. The Labute approximate surface area is 131 Å². The minimum atomic E-state index is 0.467. The van der Waals surface area contributed by atoms with Crippen molar-refractivity contribution < 1.29 is 4.74 Å². The van der Waals surface area contributed by atoms with Gasteiger partial charge < -0.3 is 10.5 Å². The van der Waals surface area contributed by atoms with Crippen LogP contribution < -0.4 is 10.5 Å². The Morgan fingerprint density at radius 2 is 2.05 bits per heavy atom. The van der Waals surface area contributed by atoms with Gasteiger partial charge >= 0.3 is 0 Å². The van der Waals surface area contributed by atoms with E-state index in [1.54, 1.807) is 6.20 Å². The maximum absolute atomic E-state index is 5.98. The van der Waals surface area contributed by atoms with Crippen molar-refractivity contribution in [2.45, 2.75) is 13.5 Å². The second kappa shape index (κ2) is 5.74. The van der Waals surface area contributed by atoms with E-state index >= 15 is 0 Å². The second-order valence-corrected chi connectivity index (χ2v) is 5.77. The molecule has 0 aliphatic heterocycles. The molecule has 0 bridgehead atoms. The summed E-state index contributed by atoms with van der Waals surface area (Å²) in [5.41, 5.74) is 9.79. The van der Waals surface area contributed by atoms with Gasteiger partial charge in [-0.15, -0.1) is 0 Å². The number of benzene rings is 2. The van der Waals surface area contributed by atoms with Crippen LogP contribution in [0.25, 0.3) is 10.9 Å². The fourth-order valence-electron chi connectivity index (χ4n) is 2.24. The molecule has 0 saturated heterocycles. The Morgan fingerprint density at radius 1 is 1.19 bits per heavy atom. The number of hydrogen-bond acceptors (Lipinski definition) is 3. The molecule has 3 aromatic rings. The van der Waals surface area contributed by atoms with Gasteiger partial charge in [-0.05, 0) is 48.9 Å². The fraction of sp³-hybridized carbons (Fsp3) is 0.118. The number of rotatable bonds is 3. The van der Waals surface area contributed by atoms with E-state index in [0.717, 1.165) is 37.9 Å². The molecule has 0 atom stereocenters. The van der Waals surface area contributed by atoms with E-state index in [4.69, 9.17) is 10.5 Å². The van der Waals surface area contributed by atoms with Crippen LogP contribution in [-0.2, 0) is 6.61 Å². The van der Waals surface area contributed by atoms with Crippen molar-refractivity contribution in [2.24, 2.45) is 0 Å². The molecule has 21 heavy (non-hydrogen) atoms. The summed E-state index contributed by atoms with van der Waals surface area (Å²) < 4.78 is 6.95. The molecule has 106 valence electrons.